The molecule has 0 aliphatic carbocycles. The second-order valence-electron chi connectivity index (χ2n) is 4.28. The van der Waals surface area contributed by atoms with Gasteiger partial charge in [-0.3, -0.25) is 4.79 Å². The molecule has 0 saturated carbocycles. The van der Waals surface area contributed by atoms with E-state index in [-0.39, 0.29) is 17.6 Å². The zero-order valence-electron chi connectivity index (χ0n) is 8.96. The van der Waals surface area contributed by atoms with E-state index in [2.05, 4.69) is 20.8 Å². The first kappa shape index (κ1) is 10.5. The highest BCUT2D eigenvalue weighted by atomic mass is 16.5. The molecule has 0 atom stereocenters. The van der Waals surface area contributed by atoms with Gasteiger partial charge in [-0.1, -0.05) is 6.92 Å². The third-order valence-corrected chi connectivity index (χ3v) is 2.63. The van der Waals surface area contributed by atoms with Gasteiger partial charge >= 0.3 is 0 Å². The van der Waals surface area contributed by atoms with Gasteiger partial charge in [-0.2, -0.15) is 0 Å². The highest BCUT2D eigenvalue weighted by Crippen LogP contribution is 2.21. The van der Waals surface area contributed by atoms with Crippen LogP contribution >= 0.6 is 0 Å². The van der Waals surface area contributed by atoms with Crippen LogP contribution in [-0.4, -0.2) is 35.6 Å². The zero-order chi connectivity index (χ0) is 10.1. The number of hydrogen-bond donors (Lipinski definition) is 0. The van der Waals surface area contributed by atoms with Crippen molar-refractivity contribution >= 4 is 5.91 Å². The highest BCUT2D eigenvalue weighted by molar-refractivity contribution is 5.74. The molecule has 1 heterocycles. The average molecular weight is 185 g/mol. The number of likely N-dealkylation sites (tertiary alicyclic amines) is 1. The van der Waals surface area contributed by atoms with Crippen LogP contribution in [0.3, 0.4) is 0 Å². The summed E-state index contributed by atoms with van der Waals surface area (Å²) in [6, 6.07) is 0. The quantitative estimate of drug-likeness (QED) is 0.665. The molecule has 76 valence electrons. The molecule has 0 unspecified atom stereocenters. The summed E-state index contributed by atoms with van der Waals surface area (Å²) in [5, 5.41) is 0. The van der Waals surface area contributed by atoms with Crippen molar-refractivity contribution < 1.29 is 9.53 Å². The number of carbonyl (C=O) groups excluding carboxylic acids is 1. The Labute approximate surface area is 80.1 Å². The van der Waals surface area contributed by atoms with Crippen LogP contribution in [0.15, 0.2) is 0 Å². The van der Waals surface area contributed by atoms with Crippen LogP contribution in [-0.2, 0) is 9.53 Å². The van der Waals surface area contributed by atoms with E-state index in [0.29, 0.717) is 0 Å². The second-order valence-corrected chi connectivity index (χ2v) is 4.28. The molecule has 0 bridgehead atoms. The van der Waals surface area contributed by atoms with E-state index in [9.17, 15) is 4.79 Å². The van der Waals surface area contributed by atoms with Crippen molar-refractivity contribution in [1.29, 1.82) is 0 Å². The summed E-state index contributed by atoms with van der Waals surface area (Å²) in [5.74, 6) is 0.147. The number of rotatable bonds is 3. The molecule has 0 aromatic heterocycles. The molecule has 3 heteroatoms. The minimum absolute atomic E-state index is 0.0481. The van der Waals surface area contributed by atoms with Gasteiger partial charge < -0.3 is 9.64 Å². The number of nitrogens with zero attached hydrogens (tertiary/aromatic N) is 1. The second kappa shape index (κ2) is 3.66. The van der Waals surface area contributed by atoms with Gasteiger partial charge in [-0.25, -0.2) is 0 Å². The van der Waals surface area contributed by atoms with Gasteiger partial charge in [0.1, 0.15) is 0 Å². The highest BCUT2D eigenvalue weighted by Gasteiger charge is 2.33. The molecular formula is C10H19NO2. The lowest BCUT2D eigenvalue weighted by molar-refractivity contribution is -0.158. The first-order chi connectivity index (χ1) is 5.94. The van der Waals surface area contributed by atoms with E-state index >= 15 is 0 Å². The first-order valence-corrected chi connectivity index (χ1v) is 4.88. The average Bonchev–Trinajstić information content (AvgIpc) is 1.95. The van der Waals surface area contributed by atoms with Gasteiger partial charge in [0.15, 0.2) is 0 Å². The van der Waals surface area contributed by atoms with Crippen molar-refractivity contribution in [3.8, 4) is 0 Å². The Balaban J connectivity index is 2.25. The lowest BCUT2D eigenvalue weighted by atomic mass is 10.0. The third-order valence-electron chi connectivity index (χ3n) is 2.63. The summed E-state index contributed by atoms with van der Waals surface area (Å²) < 4.78 is 5.81. The molecule has 1 aliphatic rings. The Morgan fingerprint density at radius 3 is 2.46 bits per heavy atom. The maximum atomic E-state index is 10.9. The van der Waals surface area contributed by atoms with Gasteiger partial charge in [-0.15, -0.1) is 0 Å². The molecule has 1 amide bonds. The molecule has 1 saturated heterocycles. The van der Waals surface area contributed by atoms with E-state index in [4.69, 9.17) is 4.74 Å². The molecule has 0 aromatic carbocycles. The molecular weight excluding hydrogens is 166 g/mol. The lowest BCUT2D eigenvalue weighted by Gasteiger charge is -2.42. The third kappa shape index (κ3) is 2.69. The van der Waals surface area contributed by atoms with Crippen molar-refractivity contribution in [1.82, 2.24) is 4.90 Å². The van der Waals surface area contributed by atoms with Crippen LogP contribution in [0.4, 0.5) is 0 Å². The maximum absolute atomic E-state index is 10.9. The van der Waals surface area contributed by atoms with Crippen LogP contribution in [0.5, 0.6) is 0 Å². The monoisotopic (exact) mass is 185 g/mol. The number of ether oxygens (including phenoxy) is 1. The Morgan fingerprint density at radius 2 is 2.08 bits per heavy atom. The molecule has 13 heavy (non-hydrogen) atoms. The zero-order valence-corrected chi connectivity index (χ0v) is 8.96. The summed E-state index contributed by atoms with van der Waals surface area (Å²) in [5.41, 5.74) is -0.0481. The number of amides is 1. The molecule has 3 nitrogen and oxygen atoms in total. The van der Waals surface area contributed by atoms with Crippen molar-refractivity contribution in [2.24, 2.45) is 0 Å². The fourth-order valence-electron chi connectivity index (χ4n) is 1.30. The van der Waals surface area contributed by atoms with Crippen LogP contribution < -0.4 is 0 Å². The van der Waals surface area contributed by atoms with Gasteiger partial charge in [0.05, 0.1) is 11.7 Å². The van der Waals surface area contributed by atoms with Crippen LogP contribution in [0, 0.1) is 0 Å². The fourth-order valence-corrected chi connectivity index (χ4v) is 1.30. The van der Waals surface area contributed by atoms with E-state index in [1.165, 1.54) is 0 Å². The van der Waals surface area contributed by atoms with Gasteiger partial charge in [0.25, 0.3) is 0 Å². The Hall–Kier alpha value is -0.570. The Bertz CT molecular complexity index is 195. The van der Waals surface area contributed by atoms with E-state index in [1.54, 1.807) is 11.8 Å². The van der Waals surface area contributed by atoms with Gasteiger partial charge in [0.2, 0.25) is 5.91 Å². The molecule has 1 rings (SSSR count). The predicted octanol–water partition coefficient (Wildman–Crippen LogP) is 1.42. The minimum atomic E-state index is -0.0481. The number of carbonyl (C=O) groups is 1. The summed E-state index contributed by atoms with van der Waals surface area (Å²) in [6.07, 6.45) is 1.25. The molecule has 1 aliphatic heterocycles. The molecule has 0 spiro atoms. The van der Waals surface area contributed by atoms with Gasteiger partial charge in [-0.05, 0) is 20.3 Å². The SMILES string of the molecule is CCC(C)(C)OC1CN(C(C)=O)C1. The Kier molecular flexibility index (Phi) is 2.96. The molecule has 0 N–H and O–H groups in total. The van der Waals surface area contributed by atoms with Crippen molar-refractivity contribution in [2.45, 2.75) is 45.8 Å². The predicted molar refractivity (Wildman–Crippen MR) is 51.5 cm³/mol. The smallest absolute Gasteiger partial charge is 0.219 e. The molecule has 0 aromatic rings. The van der Waals surface area contributed by atoms with E-state index in [0.717, 1.165) is 19.5 Å². The topological polar surface area (TPSA) is 29.5 Å². The first-order valence-electron chi connectivity index (χ1n) is 4.88. The summed E-state index contributed by atoms with van der Waals surface area (Å²) in [7, 11) is 0. The lowest BCUT2D eigenvalue weighted by Crippen LogP contribution is -2.56. The Morgan fingerprint density at radius 1 is 1.54 bits per heavy atom. The largest absolute Gasteiger partial charge is 0.369 e. The van der Waals surface area contributed by atoms with E-state index < -0.39 is 0 Å². The van der Waals surface area contributed by atoms with E-state index in [1.807, 2.05) is 0 Å². The van der Waals surface area contributed by atoms with Gasteiger partial charge in [0, 0.05) is 20.0 Å². The van der Waals surface area contributed by atoms with Crippen molar-refractivity contribution in [2.75, 3.05) is 13.1 Å². The maximum Gasteiger partial charge on any atom is 0.219 e. The summed E-state index contributed by atoms with van der Waals surface area (Å²) in [6.45, 7) is 9.41. The molecule has 1 fully saturated rings. The normalized spacial score (nSPS) is 18.6. The fraction of sp³-hybridized carbons (Fsp3) is 0.900. The van der Waals surface area contributed by atoms with Crippen LogP contribution in [0.1, 0.15) is 34.1 Å². The van der Waals surface area contributed by atoms with Crippen molar-refractivity contribution in [3.63, 3.8) is 0 Å². The molecule has 0 radical (unpaired) electrons. The number of hydrogen-bond acceptors (Lipinski definition) is 2. The minimum Gasteiger partial charge on any atom is -0.369 e. The van der Waals surface area contributed by atoms with Crippen LogP contribution in [0.25, 0.3) is 0 Å². The standard InChI is InChI=1S/C10H19NO2/c1-5-10(3,4)13-9-6-11(7-9)8(2)12/h9H,5-7H2,1-4H3. The van der Waals surface area contributed by atoms with Crippen LogP contribution in [0.2, 0.25) is 0 Å². The summed E-state index contributed by atoms with van der Waals surface area (Å²) in [4.78, 5) is 12.7. The summed E-state index contributed by atoms with van der Waals surface area (Å²) >= 11 is 0. The van der Waals surface area contributed by atoms with Crippen molar-refractivity contribution in [3.05, 3.63) is 0 Å².